The second-order valence-corrected chi connectivity index (χ2v) is 6.23. The highest BCUT2D eigenvalue weighted by atomic mass is 35.5. The molecule has 1 unspecified atom stereocenters. The van der Waals surface area contributed by atoms with Crippen LogP contribution in [-0.4, -0.2) is 5.88 Å². The van der Waals surface area contributed by atoms with E-state index in [1.807, 2.05) is 6.07 Å². The number of benzene rings is 1. The van der Waals surface area contributed by atoms with Crippen LogP contribution in [0.1, 0.15) is 31.9 Å². The first-order chi connectivity index (χ1) is 7.34. The van der Waals surface area contributed by atoms with Crippen LogP contribution in [0.4, 0.5) is 0 Å². The van der Waals surface area contributed by atoms with Crippen LogP contribution in [-0.2, 0) is 6.42 Å². The van der Waals surface area contributed by atoms with Crippen LogP contribution in [0.25, 0.3) is 0 Å². The highest BCUT2D eigenvalue weighted by Crippen LogP contribution is 2.32. The smallest absolute Gasteiger partial charge is 0.0440 e. The van der Waals surface area contributed by atoms with E-state index < -0.39 is 0 Å². The van der Waals surface area contributed by atoms with Gasteiger partial charge in [0, 0.05) is 10.9 Å². The van der Waals surface area contributed by atoms with Crippen molar-refractivity contribution in [3.63, 3.8) is 0 Å². The first kappa shape index (κ1) is 13.9. The van der Waals surface area contributed by atoms with Crippen molar-refractivity contribution in [1.29, 1.82) is 0 Å². The third-order valence-electron chi connectivity index (χ3n) is 3.09. The highest BCUT2D eigenvalue weighted by molar-refractivity contribution is 6.31. The molecule has 0 bridgehead atoms. The van der Waals surface area contributed by atoms with Gasteiger partial charge < -0.3 is 0 Å². The maximum Gasteiger partial charge on any atom is 0.0440 e. The average molecular weight is 259 g/mol. The average Bonchev–Trinajstić information content (AvgIpc) is 2.14. The molecule has 0 fully saturated rings. The van der Waals surface area contributed by atoms with Crippen LogP contribution >= 0.6 is 23.2 Å². The number of halogens is 2. The van der Waals surface area contributed by atoms with Gasteiger partial charge in [-0.3, -0.25) is 0 Å². The molecule has 0 aliphatic heterocycles. The van der Waals surface area contributed by atoms with E-state index in [9.17, 15) is 0 Å². The molecule has 1 atom stereocenters. The molecule has 1 rings (SSSR count). The number of hydrogen-bond acceptors (Lipinski definition) is 0. The van der Waals surface area contributed by atoms with Crippen LogP contribution in [0.5, 0.6) is 0 Å². The normalized spacial score (nSPS) is 13.9. The number of rotatable bonds is 3. The predicted molar refractivity (Wildman–Crippen MR) is 73.6 cm³/mol. The maximum absolute atomic E-state index is 6.24. The van der Waals surface area contributed by atoms with Crippen molar-refractivity contribution >= 4 is 23.2 Å². The monoisotopic (exact) mass is 258 g/mol. The van der Waals surface area contributed by atoms with Crippen LogP contribution in [0.15, 0.2) is 18.2 Å². The van der Waals surface area contributed by atoms with E-state index in [0.717, 1.165) is 11.4 Å². The van der Waals surface area contributed by atoms with Gasteiger partial charge in [-0.05, 0) is 41.9 Å². The lowest BCUT2D eigenvalue weighted by atomic mass is 9.78. The summed E-state index contributed by atoms with van der Waals surface area (Å²) in [6.45, 7) is 8.73. The topological polar surface area (TPSA) is 0 Å². The van der Waals surface area contributed by atoms with Crippen molar-refractivity contribution in [2.24, 2.45) is 11.3 Å². The van der Waals surface area contributed by atoms with Crippen molar-refractivity contribution in [3.05, 3.63) is 34.3 Å². The number of aryl methyl sites for hydroxylation is 1. The van der Waals surface area contributed by atoms with Gasteiger partial charge in [0.25, 0.3) is 0 Å². The molecule has 0 heterocycles. The minimum Gasteiger partial charge on any atom is -0.126 e. The summed E-state index contributed by atoms with van der Waals surface area (Å²) in [7, 11) is 0. The molecule has 0 N–H and O–H groups in total. The largest absolute Gasteiger partial charge is 0.126 e. The fraction of sp³-hybridized carbons (Fsp3) is 0.571. The van der Waals surface area contributed by atoms with E-state index in [1.165, 1.54) is 11.1 Å². The van der Waals surface area contributed by atoms with Gasteiger partial charge in [0.15, 0.2) is 0 Å². The molecular weight excluding hydrogens is 239 g/mol. The second-order valence-electron chi connectivity index (χ2n) is 5.52. The van der Waals surface area contributed by atoms with Gasteiger partial charge in [-0.25, -0.2) is 0 Å². The van der Waals surface area contributed by atoms with Crippen LogP contribution in [0.3, 0.4) is 0 Å². The molecule has 2 heteroatoms. The predicted octanol–water partition coefficient (Wildman–Crippen LogP) is 5.09. The molecule has 90 valence electrons. The lowest BCUT2D eigenvalue weighted by Gasteiger charge is -2.29. The molecule has 16 heavy (non-hydrogen) atoms. The third kappa shape index (κ3) is 3.68. The molecule has 1 aromatic rings. The molecule has 0 spiro atoms. The number of hydrogen-bond donors (Lipinski definition) is 0. The Hall–Kier alpha value is -0.200. The van der Waals surface area contributed by atoms with E-state index in [4.69, 9.17) is 23.2 Å². The Bertz CT molecular complexity index is 350. The van der Waals surface area contributed by atoms with Gasteiger partial charge >= 0.3 is 0 Å². The Kier molecular flexibility index (Phi) is 4.70. The zero-order valence-electron chi connectivity index (χ0n) is 10.5. The molecule has 0 nitrogen and oxygen atoms in total. The minimum atomic E-state index is 0.218. The zero-order chi connectivity index (χ0) is 12.3. The van der Waals surface area contributed by atoms with Gasteiger partial charge in [-0.15, -0.1) is 11.6 Å². The van der Waals surface area contributed by atoms with Gasteiger partial charge in [-0.1, -0.05) is 44.5 Å². The van der Waals surface area contributed by atoms with Crippen molar-refractivity contribution in [3.8, 4) is 0 Å². The highest BCUT2D eigenvalue weighted by Gasteiger charge is 2.24. The fourth-order valence-corrected chi connectivity index (χ4v) is 2.56. The van der Waals surface area contributed by atoms with Crippen molar-refractivity contribution < 1.29 is 0 Å². The summed E-state index contributed by atoms with van der Waals surface area (Å²) in [6, 6.07) is 6.24. The molecule has 0 amide bonds. The molecule has 0 saturated carbocycles. The van der Waals surface area contributed by atoms with Gasteiger partial charge in [0.1, 0.15) is 0 Å². The summed E-state index contributed by atoms with van der Waals surface area (Å²) < 4.78 is 0. The Labute approximate surface area is 109 Å². The van der Waals surface area contributed by atoms with E-state index in [-0.39, 0.29) is 5.41 Å². The quantitative estimate of drug-likeness (QED) is 0.663. The molecule has 1 aromatic carbocycles. The molecule has 0 aromatic heterocycles. The lowest BCUT2D eigenvalue weighted by Crippen LogP contribution is -2.24. The van der Waals surface area contributed by atoms with Crippen LogP contribution in [0, 0.1) is 18.3 Å². The zero-order valence-corrected chi connectivity index (χ0v) is 12.0. The molecular formula is C14H20Cl2. The standard InChI is InChI=1S/C14H20Cl2/c1-10-5-6-11(13(16)7-10)8-12(9-15)14(2,3)4/h5-7,12H,8-9H2,1-4H3. The molecule has 0 saturated heterocycles. The second kappa shape index (κ2) is 5.42. The maximum atomic E-state index is 6.24. The SMILES string of the molecule is Cc1ccc(CC(CCl)C(C)(C)C)c(Cl)c1. The Morgan fingerprint density at radius 2 is 1.88 bits per heavy atom. The van der Waals surface area contributed by atoms with Crippen LogP contribution in [0.2, 0.25) is 5.02 Å². The Balaban J connectivity index is 2.86. The summed E-state index contributed by atoms with van der Waals surface area (Å²) in [5, 5.41) is 0.861. The Morgan fingerprint density at radius 1 is 1.25 bits per heavy atom. The van der Waals surface area contributed by atoms with Crippen molar-refractivity contribution in [1.82, 2.24) is 0 Å². The van der Waals surface area contributed by atoms with Gasteiger partial charge in [-0.2, -0.15) is 0 Å². The van der Waals surface area contributed by atoms with Crippen LogP contribution < -0.4 is 0 Å². The van der Waals surface area contributed by atoms with E-state index in [1.54, 1.807) is 0 Å². The first-order valence-corrected chi connectivity index (χ1v) is 6.57. The van der Waals surface area contributed by atoms with Gasteiger partial charge in [0.05, 0.1) is 0 Å². The van der Waals surface area contributed by atoms with E-state index in [2.05, 4.69) is 39.8 Å². The van der Waals surface area contributed by atoms with Gasteiger partial charge in [0.2, 0.25) is 0 Å². The lowest BCUT2D eigenvalue weighted by molar-refractivity contribution is 0.264. The fourth-order valence-electron chi connectivity index (χ4n) is 1.68. The summed E-state index contributed by atoms with van der Waals surface area (Å²) in [4.78, 5) is 0. The van der Waals surface area contributed by atoms with E-state index in [0.29, 0.717) is 11.8 Å². The molecule has 0 radical (unpaired) electrons. The molecule has 0 aliphatic carbocycles. The van der Waals surface area contributed by atoms with Crippen molar-refractivity contribution in [2.45, 2.75) is 34.1 Å². The summed E-state index contributed by atoms with van der Waals surface area (Å²) in [6.07, 6.45) is 0.951. The van der Waals surface area contributed by atoms with Crippen molar-refractivity contribution in [2.75, 3.05) is 5.88 Å². The van der Waals surface area contributed by atoms with E-state index >= 15 is 0 Å². The number of alkyl halides is 1. The third-order valence-corrected chi connectivity index (χ3v) is 3.81. The minimum absolute atomic E-state index is 0.218. The summed E-state index contributed by atoms with van der Waals surface area (Å²) in [5.74, 6) is 1.13. The molecule has 0 aliphatic rings. The Morgan fingerprint density at radius 3 is 2.31 bits per heavy atom. The summed E-state index contributed by atoms with van der Waals surface area (Å²) in [5.41, 5.74) is 2.62. The summed E-state index contributed by atoms with van der Waals surface area (Å²) >= 11 is 12.3. The first-order valence-electron chi connectivity index (χ1n) is 5.65.